The van der Waals surface area contributed by atoms with Crippen LogP contribution in [0.15, 0.2) is 95.9 Å². The zero-order chi connectivity index (χ0) is 18.1. The summed E-state index contributed by atoms with van der Waals surface area (Å²) in [6.45, 7) is 0. The maximum atomic E-state index is 10.4. The molecule has 132 valence electrons. The first kappa shape index (κ1) is 19.6. The fourth-order valence-corrected chi connectivity index (χ4v) is 6.33. The van der Waals surface area contributed by atoms with Gasteiger partial charge in [0.1, 0.15) is 0 Å². The molecule has 0 aromatic heterocycles. The van der Waals surface area contributed by atoms with Crippen LogP contribution in [0.5, 0.6) is 0 Å². The van der Waals surface area contributed by atoms with Crippen LogP contribution in [0, 0.1) is 7.14 Å². The van der Waals surface area contributed by atoms with E-state index in [4.69, 9.17) is 7.62 Å². The van der Waals surface area contributed by atoms with Gasteiger partial charge in [0.2, 0.25) is 0 Å². The molecule has 0 bridgehead atoms. The molecular weight excluding hydrogens is 451 g/mol. The summed E-state index contributed by atoms with van der Waals surface area (Å²) in [7, 11) is -2.19. The van der Waals surface area contributed by atoms with Gasteiger partial charge in [-0.3, -0.25) is 4.55 Å². The Morgan fingerprint density at radius 3 is 1.36 bits per heavy atom. The number of hydrogen-bond acceptors (Lipinski definition) is 3. The van der Waals surface area contributed by atoms with E-state index in [0.717, 1.165) is 0 Å². The van der Waals surface area contributed by atoms with E-state index in [9.17, 15) is 8.42 Å². The van der Waals surface area contributed by atoms with Gasteiger partial charge in [-0.15, -0.1) is 0 Å². The van der Waals surface area contributed by atoms with Gasteiger partial charge in [-0.2, -0.15) is 8.42 Å². The monoisotopic (exact) mass is 470 g/mol. The molecule has 3 aromatic rings. The molecule has 0 unspecified atom stereocenters. The van der Waals surface area contributed by atoms with Gasteiger partial charge in [0.05, 0.1) is 4.90 Å². The van der Waals surface area contributed by atoms with E-state index in [1.807, 2.05) is 19.2 Å². The molecular formula is C19H19IO4S. The van der Waals surface area contributed by atoms with E-state index < -0.39 is 30.4 Å². The third-order valence-corrected chi connectivity index (χ3v) is 8.51. The van der Waals surface area contributed by atoms with E-state index in [2.05, 4.69) is 48.5 Å². The Hall–Kier alpha value is -1.74. The molecule has 3 aromatic carbocycles. The maximum Gasteiger partial charge on any atom is 0.294 e. The Morgan fingerprint density at radius 2 is 1.08 bits per heavy atom. The molecule has 25 heavy (non-hydrogen) atoms. The van der Waals surface area contributed by atoms with Crippen molar-refractivity contribution in [3.8, 4) is 0 Å². The van der Waals surface area contributed by atoms with Gasteiger partial charge in [-0.25, -0.2) is 0 Å². The van der Waals surface area contributed by atoms with Crippen LogP contribution in [0.2, 0.25) is 0 Å². The summed E-state index contributed by atoms with van der Waals surface area (Å²) in [6.07, 6.45) is 0. The van der Waals surface area contributed by atoms with E-state index in [1.54, 1.807) is 18.2 Å². The maximum absolute atomic E-state index is 10.4. The minimum absolute atomic E-state index is 0.0741. The second-order valence-corrected chi connectivity index (χ2v) is 11.0. The van der Waals surface area contributed by atoms with Crippen molar-refractivity contribution < 1.29 is 16.0 Å². The van der Waals surface area contributed by atoms with E-state index in [1.165, 1.54) is 19.3 Å². The summed E-state index contributed by atoms with van der Waals surface area (Å²) < 4.78 is 37.6. The van der Waals surface area contributed by atoms with Gasteiger partial charge < -0.3 is 0 Å². The van der Waals surface area contributed by atoms with Crippen LogP contribution in [0.1, 0.15) is 0 Å². The average molecular weight is 470 g/mol. The van der Waals surface area contributed by atoms with Gasteiger partial charge in [0.25, 0.3) is 10.1 Å². The normalized spacial score (nSPS) is 11.2. The van der Waals surface area contributed by atoms with Crippen LogP contribution in [-0.2, 0) is 13.2 Å². The molecule has 0 fully saturated rings. The molecule has 0 saturated heterocycles. The Balaban J connectivity index is 0.000000196. The first-order valence-electron chi connectivity index (χ1n) is 7.39. The Bertz CT molecular complexity index is 814. The van der Waals surface area contributed by atoms with Crippen LogP contribution in [0.25, 0.3) is 0 Å². The summed E-state index contributed by atoms with van der Waals surface area (Å²) in [6, 6.07) is 28.4. The smallest absolute Gasteiger partial charge is 0.282 e. The summed E-state index contributed by atoms with van der Waals surface area (Å²) in [4.78, 5) is -0.0741. The second kappa shape index (κ2) is 9.67. The minimum atomic E-state index is -4.00. The predicted molar refractivity (Wildman–Crippen MR) is 108 cm³/mol. The van der Waals surface area contributed by atoms with Gasteiger partial charge in [-0.1, -0.05) is 18.2 Å². The fourth-order valence-electron chi connectivity index (χ4n) is 1.95. The molecule has 3 rings (SSSR count). The van der Waals surface area contributed by atoms with Crippen molar-refractivity contribution in [3.63, 3.8) is 0 Å². The molecule has 0 atom stereocenters. The minimum Gasteiger partial charge on any atom is -0.282 e. The predicted octanol–water partition coefficient (Wildman–Crippen LogP) is 4.73. The number of hydrogen-bond donors (Lipinski definition) is 1. The molecule has 0 aliphatic rings. The van der Waals surface area contributed by atoms with Crippen molar-refractivity contribution in [2.75, 3.05) is 7.11 Å². The number of halogens is 1. The topological polar surface area (TPSA) is 63.6 Å². The van der Waals surface area contributed by atoms with Crippen LogP contribution in [-0.4, -0.2) is 20.1 Å². The van der Waals surface area contributed by atoms with Gasteiger partial charge in [0.15, 0.2) is 0 Å². The molecule has 1 N–H and O–H groups in total. The molecule has 0 aliphatic heterocycles. The quantitative estimate of drug-likeness (QED) is 0.443. The summed E-state index contributed by atoms with van der Waals surface area (Å²) in [5.41, 5.74) is 0. The molecule has 0 amide bonds. The third-order valence-electron chi connectivity index (χ3n) is 3.06. The SMILES string of the molecule is COI(c1ccccc1)c1ccccc1.O=S(=O)(O)c1ccccc1. The van der Waals surface area contributed by atoms with Crippen LogP contribution in [0.3, 0.4) is 0 Å². The van der Waals surface area contributed by atoms with Crippen molar-refractivity contribution >= 4 is 30.4 Å². The Morgan fingerprint density at radius 1 is 0.720 bits per heavy atom. The summed E-state index contributed by atoms with van der Waals surface area (Å²) in [5, 5.41) is 0. The molecule has 4 nitrogen and oxygen atoms in total. The van der Waals surface area contributed by atoms with Crippen molar-refractivity contribution in [1.29, 1.82) is 0 Å². The molecule has 0 heterocycles. The second-order valence-electron chi connectivity index (χ2n) is 4.78. The zero-order valence-corrected chi connectivity index (χ0v) is 16.6. The van der Waals surface area contributed by atoms with E-state index in [0.29, 0.717) is 0 Å². The third kappa shape index (κ3) is 6.24. The fraction of sp³-hybridized carbons (Fsp3) is 0.0526. The molecule has 0 saturated carbocycles. The van der Waals surface area contributed by atoms with Crippen LogP contribution in [0.4, 0.5) is 0 Å². The standard InChI is InChI=1S/C13H13IO.C6H6O3S/c1-15-14(12-8-4-2-5-9-12)13-10-6-3-7-11-13;7-10(8,9)6-4-2-1-3-5-6/h2-11H,1H3;1-5H,(H,7,8,9). The van der Waals surface area contributed by atoms with Gasteiger partial charge >= 0.3 is 98.2 Å². The first-order valence-corrected chi connectivity index (χ1v) is 11.9. The summed E-state index contributed by atoms with van der Waals surface area (Å²) in [5.74, 6) is 0. The van der Waals surface area contributed by atoms with Crippen molar-refractivity contribution in [2.24, 2.45) is 0 Å². The van der Waals surface area contributed by atoms with Gasteiger partial charge in [0, 0.05) is 0 Å². The van der Waals surface area contributed by atoms with Gasteiger partial charge in [-0.05, 0) is 12.1 Å². The van der Waals surface area contributed by atoms with Crippen molar-refractivity contribution in [3.05, 3.63) is 98.1 Å². The largest absolute Gasteiger partial charge is 0.294 e. The van der Waals surface area contributed by atoms with Crippen molar-refractivity contribution in [1.82, 2.24) is 0 Å². The summed E-state index contributed by atoms with van der Waals surface area (Å²) >= 11 is -1.62. The molecule has 0 radical (unpaired) electrons. The van der Waals surface area contributed by atoms with E-state index >= 15 is 0 Å². The Labute approximate surface area is 156 Å². The van der Waals surface area contributed by atoms with Crippen molar-refractivity contribution in [2.45, 2.75) is 4.90 Å². The molecule has 0 aliphatic carbocycles. The zero-order valence-electron chi connectivity index (χ0n) is 13.6. The first-order chi connectivity index (χ1) is 12.0. The number of benzene rings is 3. The number of rotatable bonds is 4. The Kier molecular flexibility index (Phi) is 7.57. The van der Waals surface area contributed by atoms with Crippen LogP contribution >= 0.6 is 20.2 Å². The average Bonchev–Trinajstić information content (AvgIpc) is 2.65. The van der Waals surface area contributed by atoms with E-state index in [-0.39, 0.29) is 4.90 Å². The van der Waals surface area contributed by atoms with Crippen LogP contribution < -0.4 is 0 Å². The molecule has 6 heteroatoms. The molecule has 0 spiro atoms.